The van der Waals surface area contributed by atoms with Gasteiger partial charge in [-0.3, -0.25) is 9.97 Å². The number of benzene rings is 1. The van der Waals surface area contributed by atoms with E-state index in [0.717, 1.165) is 22.8 Å². The molecule has 0 radical (unpaired) electrons. The molecule has 2 aromatic heterocycles. The summed E-state index contributed by atoms with van der Waals surface area (Å²) in [5.74, 6) is 0. The Hall–Kier alpha value is -2.76. The highest BCUT2D eigenvalue weighted by molar-refractivity contribution is 5.61. The van der Waals surface area contributed by atoms with Crippen molar-refractivity contribution in [2.75, 3.05) is 5.32 Å². The fraction of sp³-hybridized carbons (Fsp3) is 0.200. The maximum absolute atomic E-state index is 4.41. The smallest absolute Gasteiger partial charge is 0.0894 e. The normalized spacial score (nSPS) is 12.1. The number of para-hydroxylation sites is 2. The fourth-order valence-corrected chi connectivity index (χ4v) is 2.28. The van der Waals surface area contributed by atoms with Crippen molar-refractivity contribution in [3.05, 3.63) is 60.4 Å². The molecule has 0 spiro atoms. The Balaban J connectivity index is 1.91. The molecule has 21 heavy (non-hydrogen) atoms. The lowest BCUT2D eigenvalue weighted by molar-refractivity contribution is 0.785. The van der Waals surface area contributed by atoms with Gasteiger partial charge in [0.15, 0.2) is 0 Å². The summed E-state index contributed by atoms with van der Waals surface area (Å²) in [6.45, 7) is 4.03. The van der Waals surface area contributed by atoms with E-state index in [9.17, 15) is 0 Å². The minimum absolute atomic E-state index is 0.0448. The maximum atomic E-state index is 4.41. The van der Waals surface area contributed by atoms with Crippen molar-refractivity contribution in [2.45, 2.75) is 19.9 Å². The Morgan fingerprint density at radius 2 is 1.90 bits per heavy atom. The maximum Gasteiger partial charge on any atom is 0.0894 e. The van der Waals surface area contributed by atoms with E-state index >= 15 is 0 Å². The summed E-state index contributed by atoms with van der Waals surface area (Å²) >= 11 is 0. The molecule has 1 aromatic carbocycles. The molecule has 0 fully saturated rings. The monoisotopic (exact) mass is 280 g/mol. The van der Waals surface area contributed by atoms with Crippen LogP contribution in [0.15, 0.2) is 49.1 Å². The van der Waals surface area contributed by atoms with Gasteiger partial charge in [-0.15, -0.1) is 5.10 Å². The molecular weight excluding hydrogens is 264 g/mol. The van der Waals surface area contributed by atoms with Gasteiger partial charge in [-0.2, -0.15) is 0 Å². The topological polar surface area (TPSA) is 68.5 Å². The highest BCUT2D eigenvalue weighted by Gasteiger charge is 2.13. The molecular formula is C15H16N6. The number of aryl methyl sites for hydroxylation is 1. The van der Waals surface area contributed by atoms with Gasteiger partial charge in [0.2, 0.25) is 0 Å². The number of nitrogens with one attached hydrogen (secondary N) is 1. The van der Waals surface area contributed by atoms with Gasteiger partial charge in [-0.05, 0) is 26.0 Å². The van der Waals surface area contributed by atoms with Crippen molar-refractivity contribution in [3.8, 4) is 5.69 Å². The Morgan fingerprint density at radius 3 is 2.67 bits per heavy atom. The predicted octanol–water partition coefficient (Wildman–Crippen LogP) is 2.54. The van der Waals surface area contributed by atoms with Crippen molar-refractivity contribution in [1.82, 2.24) is 25.0 Å². The summed E-state index contributed by atoms with van der Waals surface area (Å²) < 4.78 is 1.73. The van der Waals surface area contributed by atoms with E-state index in [2.05, 4.69) is 32.5 Å². The molecule has 1 atom stereocenters. The molecule has 6 nitrogen and oxygen atoms in total. The Bertz CT molecular complexity index is 723. The first kappa shape index (κ1) is 13.2. The van der Waals surface area contributed by atoms with Crippen LogP contribution >= 0.6 is 0 Å². The van der Waals surface area contributed by atoms with Crippen LogP contribution in [0, 0.1) is 6.92 Å². The zero-order valence-corrected chi connectivity index (χ0v) is 11.9. The fourth-order valence-electron chi connectivity index (χ4n) is 2.28. The third-order valence-corrected chi connectivity index (χ3v) is 3.27. The van der Waals surface area contributed by atoms with E-state index in [4.69, 9.17) is 0 Å². The van der Waals surface area contributed by atoms with Crippen molar-refractivity contribution in [1.29, 1.82) is 0 Å². The largest absolute Gasteiger partial charge is 0.375 e. The van der Waals surface area contributed by atoms with E-state index in [0.29, 0.717) is 0 Å². The predicted molar refractivity (Wildman–Crippen MR) is 80.2 cm³/mol. The molecule has 0 amide bonds. The van der Waals surface area contributed by atoms with E-state index in [-0.39, 0.29) is 6.04 Å². The van der Waals surface area contributed by atoms with Gasteiger partial charge < -0.3 is 5.32 Å². The molecule has 1 unspecified atom stereocenters. The quantitative estimate of drug-likeness (QED) is 0.795. The summed E-state index contributed by atoms with van der Waals surface area (Å²) in [5, 5.41) is 11.4. The lowest BCUT2D eigenvalue weighted by atomic mass is 10.1. The second-order valence-electron chi connectivity index (χ2n) is 4.76. The Labute approximate surface area is 122 Å². The van der Waals surface area contributed by atoms with Crippen LogP contribution in [0.5, 0.6) is 0 Å². The van der Waals surface area contributed by atoms with E-state index < -0.39 is 0 Å². The summed E-state index contributed by atoms with van der Waals surface area (Å²) in [5.41, 5.74) is 3.78. The lowest BCUT2D eigenvalue weighted by Crippen LogP contribution is -2.13. The van der Waals surface area contributed by atoms with Crippen molar-refractivity contribution in [3.63, 3.8) is 0 Å². The van der Waals surface area contributed by atoms with Crippen molar-refractivity contribution in [2.24, 2.45) is 0 Å². The standard InChI is InChI=1S/C15H16N6/c1-11-15(17-8-7-16-11)12(2)19-13-5-3-4-6-14(13)21-10-9-18-20-21/h3-10,12,19H,1-2H3. The summed E-state index contributed by atoms with van der Waals surface area (Å²) in [7, 11) is 0. The first-order chi connectivity index (χ1) is 10.3. The number of aromatic nitrogens is 5. The van der Waals surface area contributed by atoms with Crippen molar-refractivity contribution >= 4 is 5.69 Å². The summed E-state index contributed by atoms with van der Waals surface area (Å²) in [6.07, 6.45) is 6.89. The molecule has 0 aliphatic heterocycles. The van der Waals surface area contributed by atoms with E-state index in [1.807, 2.05) is 37.4 Å². The van der Waals surface area contributed by atoms with Crippen LogP contribution in [0.1, 0.15) is 24.4 Å². The van der Waals surface area contributed by atoms with Gasteiger partial charge in [0.25, 0.3) is 0 Å². The van der Waals surface area contributed by atoms with E-state index in [1.165, 1.54) is 0 Å². The molecule has 3 aromatic rings. The number of hydrogen-bond acceptors (Lipinski definition) is 5. The molecule has 0 aliphatic rings. The molecule has 1 N–H and O–H groups in total. The molecule has 0 aliphatic carbocycles. The van der Waals surface area contributed by atoms with Gasteiger partial charge in [-0.1, -0.05) is 17.3 Å². The molecule has 2 heterocycles. The van der Waals surface area contributed by atoms with Gasteiger partial charge in [-0.25, -0.2) is 4.68 Å². The van der Waals surface area contributed by atoms with Crippen LogP contribution in [-0.2, 0) is 0 Å². The van der Waals surface area contributed by atoms with E-state index in [1.54, 1.807) is 23.3 Å². The third kappa shape index (κ3) is 2.74. The van der Waals surface area contributed by atoms with Crippen LogP contribution < -0.4 is 5.32 Å². The third-order valence-electron chi connectivity index (χ3n) is 3.27. The Morgan fingerprint density at radius 1 is 1.10 bits per heavy atom. The van der Waals surface area contributed by atoms with Crippen molar-refractivity contribution < 1.29 is 0 Å². The highest BCUT2D eigenvalue weighted by Crippen LogP contribution is 2.24. The summed E-state index contributed by atoms with van der Waals surface area (Å²) in [6, 6.07) is 8.01. The zero-order chi connectivity index (χ0) is 14.7. The summed E-state index contributed by atoms with van der Waals surface area (Å²) in [4.78, 5) is 8.69. The number of rotatable bonds is 4. The number of anilines is 1. The first-order valence-electron chi connectivity index (χ1n) is 6.75. The molecule has 3 rings (SSSR count). The highest BCUT2D eigenvalue weighted by atomic mass is 15.4. The van der Waals surface area contributed by atoms with Crippen LogP contribution in [0.2, 0.25) is 0 Å². The molecule has 106 valence electrons. The molecule has 0 bridgehead atoms. The van der Waals surface area contributed by atoms with Crippen LogP contribution in [0.25, 0.3) is 5.69 Å². The minimum Gasteiger partial charge on any atom is -0.375 e. The molecule has 0 saturated carbocycles. The average molecular weight is 280 g/mol. The van der Waals surface area contributed by atoms with Gasteiger partial charge >= 0.3 is 0 Å². The van der Waals surface area contributed by atoms with Crippen LogP contribution in [0.4, 0.5) is 5.69 Å². The second kappa shape index (κ2) is 5.70. The van der Waals surface area contributed by atoms with Gasteiger partial charge in [0.1, 0.15) is 0 Å². The Kier molecular flexibility index (Phi) is 3.59. The SMILES string of the molecule is Cc1nccnc1C(C)Nc1ccccc1-n1ccnn1. The number of nitrogens with zero attached hydrogens (tertiary/aromatic N) is 5. The van der Waals surface area contributed by atoms with Crippen LogP contribution in [0.3, 0.4) is 0 Å². The molecule has 6 heteroatoms. The van der Waals surface area contributed by atoms with Gasteiger partial charge in [0, 0.05) is 12.4 Å². The van der Waals surface area contributed by atoms with Crippen LogP contribution in [-0.4, -0.2) is 25.0 Å². The second-order valence-corrected chi connectivity index (χ2v) is 4.76. The zero-order valence-electron chi connectivity index (χ0n) is 11.9. The van der Waals surface area contributed by atoms with Gasteiger partial charge in [0.05, 0.1) is 41.2 Å². The molecule has 0 saturated heterocycles. The lowest BCUT2D eigenvalue weighted by Gasteiger charge is -2.18. The minimum atomic E-state index is 0.0448. The average Bonchev–Trinajstić information content (AvgIpc) is 3.02. The number of hydrogen-bond donors (Lipinski definition) is 1. The first-order valence-corrected chi connectivity index (χ1v) is 6.75.